The minimum Gasteiger partial charge on any atom is -0.384 e. The lowest BCUT2D eigenvalue weighted by Crippen LogP contribution is -2.28. The van der Waals surface area contributed by atoms with Crippen LogP contribution in [0.2, 0.25) is 0 Å². The summed E-state index contributed by atoms with van der Waals surface area (Å²) < 4.78 is 11.3. The summed E-state index contributed by atoms with van der Waals surface area (Å²) in [4.78, 5) is 16.4. The minimum atomic E-state index is -0.857. The molecule has 0 aliphatic carbocycles. The van der Waals surface area contributed by atoms with E-state index in [1.807, 2.05) is 19.9 Å². The molecule has 1 rings (SSSR count). The number of carbonyl (C=O) groups excluding carboxylic acids is 1. The van der Waals surface area contributed by atoms with E-state index < -0.39 is 10.8 Å². The first-order valence-electron chi connectivity index (χ1n) is 7.26. The molecule has 0 fully saturated rings. The summed E-state index contributed by atoms with van der Waals surface area (Å²) in [5.74, 6) is -0.143. The van der Waals surface area contributed by atoms with Crippen LogP contribution in [0.4, 0.5) is 5.69 Å². The number of hydrogen-bond acceptors (Lipinski definition) is 4. The number of carbonyl (C=O) groups is 1. The van der Waals surface area contributed by atoms with Crippen LogP contribution in [-0.4, -0.2) is 39.7 Å². The quantitative estimate of drug-likeness (QED) is 0.771. The third-order valence-corrected chi connectivity index (χ3v) is 4.62. The van der Waals surface area contributed by atoms with Crippen molar-refractivity contribution in [1.82, 2.24) is 10.3 Å². The SMILES string of the molecule is CCCNc1cc(C)ncc1C(=O)NCCC(C)S(C)=O. The third kappa shape index (κ3) is 5.83. The topological polar surface area (TPSA) is 71.1 Å². The second-order valence-electron chi connectivity index (χ2n) is 5.15. The zero-order valence-corrected chi connectivity index (χ0v) is 14.0. The van der Waals surface area contributed by atoms with Crippen LogP contribution >= 0.6 is 0 Å². The zero-order chi connectivity index (χ0) is 15.8. The molecule has 2 atom stereocenters. The molecule has 0 saturated heterocycles. The Morgan fingerprint density at radius 2 is 2.14 bits per heavy atom. The van der Waals surface area contributed by atoms with Gasteiger partial charge in [-0.25, -0.2) is 0 Å². The number of amides is 1. The van der Waals surface area contributed by atoms with Crippen molar-refractivity contribution in [3.63, 3.8) is 0 Å². The first kappa shape index (κ1) is 17.6. The molecular formula is C15H25N3O2S. The molecule has 0 bridgehead atoms. The first-order valence-corrected chi connectivity index (χ1v) is 8.88. The molecule has 1 aromatic rings. The highest BCUT2D eigenvalue weighted by atomic mass is 32.2. The molecule has 5 nitrogen and oxygen atoms in total. The highest BCUT2D eigenvalue weighted by Crippen LogP contribution is 2.15. The van der Waals surface area contributed by atoms with Gasteiger partial charge in [-0.05, 0) is 25.8 Å². The van der Waals surface area contributed by atoms with Crippen molar-refractivity contribution in [2.75, 3.05) is 24.7 Å². The van der Waals surface area contributed by atoms with Gasteiger partial charge in [-0.2, -0.15) is 0 Å². The van der Waals surface area contributed by atoms with Gasteiger partial charge in [-0.3, -0.25) is 14.0 Å². The van der Waals surface area contributed by atoms with E-state index in [4.69, 9.17) is 0 Å². The van der Waals surface area contributed by atoms with Gasteiger partial charge in [-0.1, -0.05) is 13.8 Å². The van der Waals surface area contributed by atoms with Gasteiger partial charge in [0.1, 0.15) is 0 Å². The molecule has 1 heterocycles. The summed E-state index contributed by atoms with van der Waals surface area (Å²) >= 11 is 0. The highest BCUT2D eigenvalue weighted by Gasteiger charge is 2.13. The van der Waals surface area contributed by atoms with Crippen LogP contribution in [-0.2, 0) is 10.8 Å². The summed E-state index contributed by atoms with van der Waals surface area (Å²) in [5.41, 5.74) is 2.24. The van der Waals surface area contributed by atoms with Crippen LogP contribution in [0.25, 0.3) is 0 Å². The molecule has 0 spiro atoms. The Morgan fingerprint density at radius 1 is 1.43 bits per heavy atom. The molecule has 0 aromatic carbocycles. The Hall–Kier alpha value is -1.43. The highest BCUT2D eigenvalue weighted by molar-refractivity contribution is 7.84. The maximum Gasteiger partial charge on any atom is 0.254 e. The standard InChI is InChI=1S/C15H25N3O2S/c1-5-7-16-14-9-11(2)18-10-13(14)15(19)17-8-6-12(3)21(4)20/h9-10,12H,5-8H2,1-4H3,(H,16,18)(H,17,19). The normalized spacial score (nSPS) is 13.5. The lowest BCUT2D eigenvalue weighted by molar-refractivity contribution is 0.0953. The van der Waals surface area contributed by atoms with E-state index in [0.29, 0.717) is 18.5 Å². The number of aryl methyl sites for hydroxylation is 1. The Balaban J connectivity index is 2.66. The molecule has 0 saturated carbocycles. The van der Waals surface area contributed by atoms with Gasteiger partial charge < -0.3 is 10.6 Å². The number of pyridine rings is 1. The maximum absolute atomic E-state index is 12.2. The molecule has 0 radical (unpaired) electrons. The van der Waals surface area contributed by atoms with Crippen LogP contribution in [0, 0.1) is 6.92 Å². The van der Waals surface area contributed by atoms with E-state index in [9.17, 15) is 9.00 Å². The average molecular weight is 311 g/mol. The maximum atomic E-state index is 12.2. The van der Waals surface area contributed by atoms with Crippen LogP contribution in [0.3, 0.4) is 0 Å². The van der Waals surface area contributed by atoms with Crippen LogP contribution in [0.1, 0.15) is 42.7 Å². The van der Waals surface area contributed by atoms with Crippen molar-refractivity contribution in [3.8, 4) is 0 Å². The molecule has 118 valence electrons. The van der Waals surface area contributed by atoms with Gasteiger partial charge >= 0.3 is 0 Å². The number of nitrogens with one attached hydrogen (secondary N) is 2. The zero-order valence-electron chi connectivity index (χ0n) is 13.2. The third-order valence-electron chi connectivity index (χ3n) is 3.25. The largest absolute Gasteiger partial charge is 0.384 e. The summed E-state index contributed by atoms with van der Waals surface area (Å²) in [5, 5.41) is 6.20. The van der Waals surface area contributed by atoms with Crippen molar-refractivity contribution in [3.05, 3.63) is 23.5 Å². The monoisotopic (exact) mass is 311 g/mol. The second-order valence-corrected chi connectivity index (χ2v) is 6.95. The molecule has 2 N–H and O–H groups in total. The number of nitrogens with zero attached hydrogens (tertiary/aromatic N) is 1. The van der Waals surface area contributed by atoms with Gasteiger partial charge in [0, 0.05) is 47.3 Å². The summed E-state index contributed by atoms with van der Waals surface area (Å²) in [7, 11) is -0.857. The van der Waals surface area contributed by atoms with Crippen molar-refractivity contribution >= 4 is 22.4 Å². The molecule has 6 heteroatoms. The van der Waals surface area contributed by atoms with Gasteiger partial charge in [0.2, 0.25) is 0 Å². The number of rotatable bonds is 8. The number of anilines is 1. The fourth-order valence-corrected chi connectivity index (χ4v) is 2.25. The smallest absolute Gasteiger partial charge is 0.254 e. The lowest BCUT2D eigenvalue weighted by Gasteiger charge is -2.13. The number of aromatic nitrogens is 1. The van der Waals surface area contributed by atoms with E-state index >= 15 is 0 Å². The fourth-order valence-electron chi connectivity index (χ4n) is 1.80. The van der Waals surface area contributed by atoms with Gasteiger partial charge in [0.25, 0.3) is 5.91 Å². The van der Waals surface area contributed by atoms with E-state index in [-0.39, 0.29) is 11.2 Å². The van der Waals surface area contributed by atoms with E-state index in [1.54, 1.807) is 12.5 Å². The Kier molecular flexibility index (Phi) is 7.36. The van der Waals surface area contributed by atoms with Crippen LogP contribution in [0.15, 0.2) is 12.3 Å². The van der Waals surface area contributed by atoms with Crippen molar-refractivity contribution in [2.24, 2.45) is 0 Å². The summed E-state index contributed by atoms with van der Waals surface area (Å²) in [6.45, 7) is 7.23. The van der Waals surface area contributed by atoms with Crippen molar-refractivity contribution in [2.45, 2.75) is 38.9 Å². The van der Waals surface area contributed by atoms with Crippen molar-refractivity contribution in [1.29, 1.82) is 0 Å². The van der Waals surface area contributed by atoms with Crippen LogP contribution in [0.5, 0.6) is 0 Å². The Bertz CT molecular complexity index is 506. The van der Waals surface area contributed by atoms with E-state index in [0.717, 1.165) is 24.3 Å². The average Bonchev–Trinajstić information content (AvgIpc) is 2.44. The van der Waals surface area contributed by atoms with E-state index in [1.165, 1.54) is 0 Å². The fraction of sp³-hybridized carbons (Fsp3) is 0.600. The van der Waals surface area contributed by atoms with E-state index in [2.05, 4.69) is 22.5 Å². The van der Waals surface area contributed by atoms with Crippen LogP contribution < -0.4 is 10.6 Å². The molecule has 0 aliphatic heterocycles. The predicted molar refractivity (Wildman–Crippen MR) is 88.2 cm³/mol. The van der Waals surface area contributed by atoms with Gasteiger partial charge in [-0.15, -0.1) is 0 Å². The van der Waals surface area contributed by atoms with Crippen molar-refractivity contribution < 1.29 is 9.00 Å². The van der Waals surface area contributed by atoms with Gasteiger partial charge in [0.15, 0.2) is 0 Å². The lowest BCUT2D eigenvalue weighted by atomic mass is 10.2. The molecule has 1 aromatic heterocycles. The molecule has 1 amide bonds. The predicted octanol–water partition coefficient (Wildman–Crippen LogP) is 2.10. The molecule has 2 unspecified atom stereocenters. The second kappa shape index (κ2) is 8.77. The number of hydrogen-bond donors (Lipinski definition) is 2. The Morgan fingerprint density at radius 3 is 2.76 bits per heavy atom. The molecular weight excluding hydrogens is 286 g/mol. The molecule has 21 heavy (non-hydrogen) atoms. The first-order chi connectivity index (χ1) is 9.95. The summed E-state index contributed by atoms with van der Waals surface area (Å²) in [6.07, 6.45) is 4.97. The minimum absolute atomic E-state index is 0.0825. The summed E-state index contributed by atoms with van der Waals surface area (Å²) in [6, 6.07) is 1.88. The Labute approximate surface area is 129 Å². The molecule has 0 aliphatic rings. The van der Waals surface area contributed by atoms with Gasteiger partial charge in [0.05, 0.1) is 11.3 Å².